The zero-order valence-electron chi connectivity index (χ0n) is 8.82. The second kappa shape index (κ2) is 5.41. The summed E-state index contributed by atoms with van der Waals surface area (Å²) in [6.45, 7) is 1.65. The predicted molar refractivity (Wildman–Crippen MR) is 57.3 cm³/mol. The molecule has 1 aliphatic heterocycles. The highest BCUT2D eigenvalue weighted by atomic mass is 16.6. The Balaban J connectivity index is 1.83. The summed E-state index contributed by atoms with van der Waals surface area (Å²) in [5.74, 6) is 0. The number of ether oxygens (including phenoxy) is 2. The fourth-order valence-electron chi connectivity index (χ4n) is 1.61. The van der Waals surface area contributed by atoms with Crippen molar-refractivity contribution in [3.05, 3.63) is 42.5 Å². The maximum atomic E-state index is 9.69. The summed E-state index contributed by atoms with van der Waals surface area (Å²) in [4.78, 5) is 0. The van der Waals surface area contributed by atoms with Gasteiger partial charge in [0.2, 0.25) is 0 Å². The summed E-state index contributed by atoms with van der Waals surface area (Å²) >= 11 is 0. The molecule has 1 heterocycles. The van der Waals surface area contributed by atoms with Crippen LogP contribution in [0.4, 0.5) is 0 Å². The van der Waals surface area contributed by atoms with Crippen LogP contribution in [0.2, 0.25) is 0 Å². The zero-order valence-corrected chi connectivity index (χ0v) is 8.82. The van der Waals surface area contributed by atoms with Gasteiger partial charge >= 0.3 is 0 Å². The Bertz CT molecular complexity index is 314. The van der Waals surface area contributed by atoms with Crippen LogP contribution in [0.1, 0.15) is 5.56 Å². The van der Waals surface area contributed by atoms with E-state index < -0.39 is 18.3 Å². The molecule has 1 aliphatic rings. The lowest BCUT2D eigenvalue weighted by Gasteiger charge is -2.16. The first-order valence-electron chi connectivity index (χ1n) is 5.24. The van der Waals surface area contributed by atoms with E-state index in [1.807, 2.05) is 30.3 Å². The lowest BCUT2D eigenvalue weighted by molar-refractivity contribution is -0.0329. The van der Waals surface area contributed by atoms with Crippen molar-refractivity contribution in [2.45, 2.75) is 24.9 Å². The third kappa shape index (κ3) is 2.59. The number of benzene rings is 1. The minimum atomic E-state index is -0.797. The quantitative estimate of drug-likeness (QED) is 0.779. The van der Waals surface area contributed by atoms with Gasteiger partial charge in [-0.3, -0.25) is 0 Å². The molecule has 1 aromatic carbocycles. The molecule has 2 N–H and O–H groups in total. The van der Waals surface area contributed by atoms with Crippen LogP contribution in [0.25, 0.3) is 0 Å². The van der Waals surface area contributed by atoms with Crippen molar-refractivity contribution in [1.29, 1.82) is 0 Å². The van der Waals surface area contributed by atoms with E-state index in [1.54, 1.807) is 0 Å². The summed E-state index contributed by atoms with van der Waals surface area (Å²) < 4.78 is 10.6. The minimum absolute atomic E-state index is 0.205. The topological polar surface area (TPSA) is 58.9 Å². The Morgan fingerprint density at radius 3 is 2.62 bits per heavy atom. The third-order valence-corrected chi connectivity index (χ3v) is 2.57. The molecule has 2 rings (SSSR count). The fraction of sp³-hybridized carbons (Fsp3) is 0.417. The molecule has 4 nitrogen and oxygen atoms in total. The fourth-order valence-corrected chi connectivity index (χ4v) is 1.61. The highest BCUT2D eigenvalue weighted by Crippen LogP contribution is 2.21. The van der Waals surface area contributed by atoms with Gasteiger partial charge in [-0.15, -0.1) is 0 Å². The van der Waals surface area contributed by atoms with Crippen molar-refractivity contribution in [3.8, 4) is 0 Å². The molecule has 0 bridgehead atoms. The molecule has 0 unspecified atom stereocenters. The smallest absolute Gasteiger partial charge is 0.116 e. The van der Waals surface area contributed by atoms with Crippen molar-refractivity contribution in [1.82, 2.24) is 0 Å². The van der Waals surface area contributed by atoms with E-state index in [9.17, 15) is 5.11 Å². The number of rotatable bonds is 4. The molecule has 0 aromatic heterocycles. The molecular weight excluding hydrogens is 208 g/mol. The molecule has 1 saturated heterocycles. The highest BCUT2D eigenvalue weighted by Gasteiger charge is 2.36. The summed E-state index contributed by atoms with van der Waals surface area (Å²) in [6, 6.07) is 9.70. The van der Waals surface area contributed by atoms with Gasteiger partial charge < -0.3 is 19.7 Å². The molecule has 1 fully saturated rings. The van der Waals surface area contributed by atoms with Gasteiger partial charge in [-0.2, -0.15) is 0 Å². The first-order chi connectivity index (χ1) is 7.81. The molecule has 0 aliphatic carbocycles. The lowest BCUT2D eigenvalue weighted by Crippen LogP contribution is -2.33. The number of aliphatic hydroxyl groups is 2. The van der Waals surface area contributed by atoms with Gasteiger partial charge in [-0.1, -0.05) is 30.3 Å². The van der Waals surface area contributed by atoms with Gasteiger partial charge in [0.1, 0.15) is 24.9 Å². The Hall–Kier alpha value is -0.940. The van der Waals surface area contributed by atoms with Gasteiger partial charge in [0.15, 0.2) is 0 Å². The van der Waals surface area contributed by atoms with E-state index in [1.165, 1.54) is 6.61 Å². The summed E-state index contributed by atoms with van der Waals surface area (Å²) in [5.41, 5.74) is 1.04. The van der Waals surface area contributed by atoms with Crippen LogP contribution in [-0.2, 0) is 16.1 Å². The predicted octanol–water partition coefficient (Wildman–Crippen LogP) is 0.486. The Morgan fingerprint density at radius 2 is 2.00 bits per heavy atom. The van der Waals surface area contributed by atoms with Gasteiger partial charge in [-0.05, 0) is 5.56 Å². The molecule has 1 aromatic rings. The summed E-state index contributed by atoms with van der Waals surface area (Å²) in [7, 11) is 0. The molecule has 4 heteroatoms. The third-order valence-electron chi connectivity index (χ3n) is 2.57. The normalized spacial score (nSPS) is 29.5. The van der Waals surface area contributed by atoms with Crippen LogP contribution in [-0.4, -0.2) is 35.1 Å². The van der Waals surface area contributed by atoms with E-state index in [0.717, 1.165) is 5.56 Å². The van der Waals surface area contributed by atoms with Crippen molar-refractivity contribution in [3.63, 3.8) is 0 Å². The first kappa shape index (κ1) is 11.5. The number of aliphatic hydroxyl groups excluding tert-OH is 2. The van der Waals surface area contributed by atoms with E-state index in [2.05, 4.69) is 0 Å². The molecule has 0 amide bonds. The Morgan fingerprint density at radius 1 is 1.25 bits per heavy atom. The summed E-state index contributed by atoms with van der Waals surface area (Å²) in [6.07, 6.45) is -1.84. The first-order valence-corrected chi connectivity index (χ1v) is 5.24. The van der Waals surface area contributed by atoms with E-state index in [4.69, 9.17) is 14.6 Å². The van der Waals surface area contributed by atoms with Crippen molar-refractivity contribution >= 4 is 0 Å². The van der Waals surface area contributed by atoms with Crippen LogP contribution in [0.15, 0.2) is 30.3 Å². The molecular formula is C12H15O4. The monoisotopic (exact) mass is 223 g/mol. The molecule has 1 radical (unpaired) electrons. The molecule has 87 valence electrons. The SMILES string of the molecule is OC[C@H]1O[CH][C@@H](OCc2ccccc2)[C@@H]1O. The molecule has 3 atom stereocenters. The van der Waals surface area contributed by atoms with Gasteiger partial charge in [0.05, 0.1) is 13.2 Å². The molecule has 0 spiro atoms. The van der Waals surface area contributed by atoms with Crippen molar-refractivity contribution in [2.75, 3.05) is 6.61 Å². The maximum Gasteiger partial charge on any atom is 0.116 e. The molecule has 16 heavy (non-hydrogen) atoms. The Kier molecular flexibility index (Phi) is 3.90. The van der Waals surface area contributed by atoms with Crippen LogP contribution in [0, 0.1) is 6.61 Å². The van der Waals surface area contributed by atoms with E-state index in [-0.39, 0.29) is 6.61 Å². The van der Waals surface area contributed by atoms with Gasteiger partial charge in [-0.25, -0.2) is 0 Å². The standard InChI is InChI=1S/C12H15O4/c13-6-10-12(14)11(8-16-10)15-7-9-4-2-1-3-5-9/h1-5,8,10-14H,6-7H2/t10-,11-,12-/m1/s1. The lowest BCUT2D eigenvalue weighted by atomic mass is 10.1. The maximum absolute atomic E-state index is 9.69. The second-order valence-electron chi connectivity index (χ2n) is 3.75. The average molecular weight is 223 g/mol. The number of hydrogen-bond acceptors (Lipinski definition) is 4. The average Bonchev–Trinajstić information content (AvgIpc) is 2.69. The van der Waals surface area contributed by atoms with Crippen LogP contribution < -0.4 is 0 Å². The highest BCUT2D eigenvalue weighted by molar-refractivity contribution is 5.13. The zero-order chi connectivity index (χ0) is 11.4. The number of hydrogen-bond donors (Lipinski definition) is 2. The second-order valence-corrected chi connectivity index (χ2v) is 3.75. The van der Waals surface area contributed by atoms with Crippen LogP contribution >= 0.6 is 0 Å². The largest absolute Gasteiger partial charge is 0.394 e. The Labute approximate surface area is 94.4 Å². The van der Waals surface area contributed by atoms with Gasteiger partial charge in [0.25, 0.3) is 0 Å². The summed E-state index contributed by atoms with van der Waals surface area (Å²) in [5, 5.41) is 18.6. The van der Waals surface area contributed by atoms with Crippen LogP contribution in [0.5, 0.6) is 0 Å². The van der Waals surface area contributed by atoms with Crippen molar-refractivity contribution in [2.24, 2.45) is 0 Å². The van der Waals surface area contributed by atoms with Crippen LogP contribution in [0.3, 0.4) is 0 Å². The van der Waals surface area contributed by atoms with Crippen molar-refractivity contribution < 1.29 is 19.7 Å². The van der Waals surface area contributed by atoms with E-state index in [0.29, 0.717) is 6.61 Å². The van der Waals surface area contributed by atoms with E-state index >= 15 is 0 Å². The molecule has 0 saturated carbocycles. The van der Waals surface area contributed by atoms with Gasteiger partial charge in [0, 0.05) is 0 Å². The minimum Gasteiger partial charge on any atom is -0.394 e.